The molecule has 0 aliphatic carbocycles. The van der Waals surface area contributed by atoms with Gasteiger partial charge in [-0.25, -0.2) is 14.8 Å². The summed E-state index contributed by atoms with van der Waals surface area (Å²) in [7, 11) is 1.76. The van der Waals surface area contributed by atoms with Crippen molar-refractivity contribution in [3.63, 3.8) is 0 Å². The highest BCUT2D eigenvalue weighted by atomic mass is 16.2. The molecule has 0 spiro atoms. The van der Waals surface area contributed by atoms with Crippen molar-refractivity contribution >= 4 is 17.8 Å². The molecule has 4 amide bonds. The van der Waals surface area contributed by atoms with Crippen LogP contribution in [0.3, 0.4) is 0 Å². The fraction of sp³-hybridized carbons (Fsp3) is 0.364. The number of rotatable bonds is 8. The van der Waals surface area contributed by atoms with Gasteiger partial charge in [0.15, 0.2) is 0 Å². The van der Waals surface area contributed by atoms with E-state index in [1.54, 1.807) is 22.0 Å². The number of fused-ring (bicyclic) bond motifs is 1. The molecule has 8 nitrogen and oxygen atoms in total. The molecule has 0 radical (unpaired) electrons. The average molecular weight is 554 g/mol. The summed E-state index contributed by atoms with van der Waals surface area (Å²) < 4.78 is 0. The van der Waals surface area contributed by atoms with Crippen LogP contribution < -0.4 is 5.32 Å². The number of nitrogens with one attached hydrogen (secondary N) is 1. The van der Waals surface area contributed by atoms with E-state index in [9.17, 15) is 14.4 Å². The van der Waals surface area contributed by atoms with Gasteiger partial charge in [0.2, 0.25) is 11.8 Å². The van der Waals surface area contributed by atoms with E-state index in [0.717, 1.165) is 16.7 Å². The molecule has 3 aromatic carbocycles. The maximum absolute atomic E-state index is 14.1. The molecule has 0 unspecified atom stereocenters. The van der Waals surface area contributed by atoms with Gasteiger partial charge in [0.05, 0.1) is 13.1 Å². The molecule has 2 aliphatic heterocycles. The van der Waals surface area contributed by atoms with Gasteiger partial charge in [0.25, 0.3) is 0 Å². The molecule has 2 atom stereocenters. The van der Waals surface area contributed by atoms with Gasteiger partial charge < -0.3 is 15.1 Å². The van der Waals surface area contributed by atoms with E-state index in [0.29, 0.717) is 19.5 Å². The summed E-state index contributed by atoms with van der Waals surface area (Å²) in [6.45, 7) is 5.20. The van der Waals surface area contributed by atoms with Crippen molar-refractivity contribution in [2.75, 3.05) is 26.7 Å². The number of hydrogen-bond acceptors (Lipinski definition) is 4. The Labute approximate surface area is 242 Å². The minimum Gasteiger partial charge on any atom is -0.336 e. The Kier molecular flexibility index (Phi) is 8.69. The quantitative estimate of drug-likeness (QED) is 0.451. The van der Waals surface area contributed by atoms with Crippen molar-refractivity contribution in [2.45, 2.75) is 44.9 Å². The third-order valence-corrected chi connectivity index (χ3v) is 7.94. The van der Waals surface area contributed by atoms with Gasteiger partial charge >= 0.3 is 6.03 Å². The lowest BCUT2D eigenvalue weighted by Gasteiger charge is -2.55. The summed E-state index contributed by atoms with van der Waals surface area (Å²) in [6.07, 6.45) is -0.0760. The average Bonchev–Trinajstić information content (AvgIpc) is 2.97. The van der Waals surface area contributed by atoms with E-state index in [-0.39, 0.29) is 42.8 Å². The van der Waals surface area contributed by atoms with Crippen LogP contribution in [-0.2, 0) is 16.1 Å². The van der Waals surface area contributed by atoms with Crippen LogP contribution in [0.25, 0.3) is 0 Å². The second-order valence-corrected chi connectivity index (χ2v) is 11.3. The van der Waals surface area contributed by atoms with Crippen LogP contribution in [0.2, 0.25) is 0 Å². The molecule has 1 N–H and O–H groups in total. The normalized spacial score (nSPS) is 19.6. The van der Waals surface area contributed by atoms with Crippen molar-refractivity contribution in [2.24, 2.45) is 5.92 Å². The van der Waals surface area contributed by atoms with Crippen LogP contribution in [-0.4, -0.2) is 76.6 Å². The zero-order chi connectivity index (χ0) is 28.9. The molecular formula is C33H39N5O3. The maximum Gasteiger partial charge on any atom is 0.334 e. The zero-order valence-electron chi connectivity index (χ0n) is 24.0. The van der Waals surface area contributed by atoms with Gasteiger partial charge in [0.1, 0.15) is 12.2 Å². The molecule has 0 saturated carbocycles. The third kappa shape index (κ3) is 6.28. The van der Waals surface area contributed by atoms with Gasteiger partial charge in [-0.15, -0.1) is 0 Å². The van der Waals surface area contributed by atoms with Gasteiger partial charge in [-0.3, -0.25) is 9.59 Å². The monoisotopic (exact) mass is 553 g/mol. The molecule has 8 heteroatoms. The standard InChI is InChI=1S/C33H39N5O3/c1-24(2)19-29-32(40)36(21-28(26-15-9-5-10-16-26)27-17-11-6-12-18-27)22-30-37(29)31(39)23-35(3)38(30)33(41)34-20-25-13-7-4-8-14-25/h4-18,24,28-30H,19-23H2,1-3H3,(H,34,41)/t29-,30-/m0/s1. The molecular weight excluding hydrogens is 514 g/mol. The van der Waals surface area contributed by atoms with E-state index < -0.39 is 12.2 Å². The molecule has 2 saturated heterocycles. The van der Waals surface area contributed by atoms with Crippen molar-refractivity contribution in [3.8, 4) is 0 Å². The number of hydrazine groups is 1. The van der Waals surface area contributed by atoms with Gasteiger partial charge in [0, 0.05) is 26.1 Å². The van der Waals surface area contributed by atoms with Crippen LogP contribution in [0.5, 0.6) is 0 Å². The Morgan fingerprint density at radius 3 is 2.00 bits per heavy atom. The Balaban J connectivity index is 1.47. The summed E-state index contributed by atoms with van der Waals surface area (Å²) in [4.78, 5) is 44.8. The lowest BCUT2D eigenvalue weighted by Crippen LogP contribution is -2.76. The number of nitrogens with zero attached hydrogens (tertiary/aromatic N) is 4. The number of piperazine rings is 1. The van der Waals surface area contributed by atoms with Gasteiger partial charge in [-0.2, -0.15) is 0 Å². The lowest BCUT2D eigenvalue weighted by atomic mass is 9.89. The largest absolute Gasteiger partial charge is 0.336 e. The summed E-state index contributed by atoms with van der Waals surface area (Å²) in [5.41, 5.74) is 3.22. The molecule has 214 valence electrons. The molecule has 5 rings (SSSR count). The molecule has 0 bridgehead atoms. The summed E-state index contributed by atoms with van der Waals surface area (Å²) in [5, 5.41) is 6.32. The number of likely N-dealkylation sites (N-methyl/N-ethyl adjacent to an activating group) is 1. The van der Waals surface area contributed by atoms with E-state index in [2.05, 4.69) is 43.4 Å². The Morgan fingerprint density at radius 2 is 1.44 bits per heavy atom. The summed E-state index contributed by atoms with van der Waals surface area (Å²) in [6, 6.07) is 29.2. The summed E-state index contributed by atoms with van der Waals surface area (Å²) in [5.74, 6) is -0.0540. The second kappa shape index (κ2) is 12.6. The number of benzene rings is 3. The fourth-order valence-corrected chi connectivity index (χ4v) is 5.99. The SMILES string of the molecule is CC(C)C[C@H]1C(=O)N(CC(c2ccccc2)c2ccccc2)C[C@H]2N1C(=O)CN(C)N2C(=O)NCc1ccccc1. The number of carbonyl (C=O) groups is 3. The third-order valence-electron chi connectivity index (χ3n) is 7.94. The van der Waals surface area contributed by atoms with Crippen LogP contribution in [0, 0.1) is 5.92 Å². The van der Waals surface area contributed by atoms with Crippen molar-refractivity contribution < 1.29 is 14.4 Å². The first-order valence-electron chi connectivity index (χ1n) is 14.4. The van der Waals surface area contributed by atoms with Crippen molar-refractivity contribution in [3.05, 3.63) is 108 Å². The Bertz CT molecular complexity index is 1300. The van der Waals surface area contributed by atoms with E-state index in [4.69, 9.17) is 0 Å². The van der Waals surface area contributed by atoms with E-state index in [1.165, 1.54) is 0 Å². The highest BCUT2D eigenvalue weighted by molar-refractivity contribution is 5.91. The summed E-state index contributed by atoms with van der Waals surface area (Å²) >= 11 is 0. The van der Waals surface area contributed by atoms with Gasteiger partial charge in [-0.05, 0) is 29.0 Å². The van der Waals surface area contributed by atoms with Crippen LogP contribution >= 0.6 is 0 Å². The molecule has 0 aromatic heterocycles. The molecule has 41 heavy (non-hydrogen) atoms. The minimum atomic E-state index is -0.633. The first kappa shape index (κ1) is 28.4. The first-order valence-corrected chi connectivity index (χ1v) is 14.4. The molecule has 2 aliphatic rings. The first-order chi connectivity index (χ1) is 19.8. The highest BCUT2D eigenvalue weighted by Gasteiger charge is 2.51. The topological polar surface area (TPSA) is 76.2 Å². The second-order valence-electron chi connectivity index (χ2n) is 11.3. The number of carbonyl (C=O) groups excluding carboxylic acids is 3. The Morgan fingerprint density at radius 1 is 0.878 bits per heavy atom. The predicted octanol–water partition coefficient (Wildman–Crippen LogP) is 4.30. The smallest absolute Gasteiger partial charge is 0.334 e. The fourth-order valence-electron chi connectivity index (χ4n) is 5.99. The number of amides is 4. The van der Waals surface area contributed by atoms with E-state index in [1.807, 2.05) is 71.6 Å². The molecule has 2 fully saturated rings. The van der Waals surface area contributed by atoms with E-state index >= 15 is 0 Å². The van der Waals surface area contributed by atoms with Crippen LogP contribution in [0.15, 0.2) is 91.0 Å². The predicted molar refractivity (Wildman–Crippen MR) is 158 cm³/mol. The van der Waals surface area contributed by atoms with Crippen LogP contribution in [0.4, 0.5) is 4.79 Å². The van der Waals surface area contributed by atoms with Gasteiger partial charge in [-0.1, -0.05) is 105 Å². The van der Waals surface area contributed by atoms with Crippen molar-refractivity contribution in [1.29, 1.82) is 0 Å². The highest BCUT2D eigenvalue weighted by Crippen LogP contribution is 2.32. The Hall–Kier alpha value is -4.17. The number of urea groups is 1. The lowest BCUT2D eigenvalue weighted by molar-refractivity contribution is -0.188. The van der Waals surface area contributed by atoms with Crippen LogP contribution in [0.1, 0.15) is 42.9 Å². The minimum absolute atomic E-state index is 0.0355. The molecule has 3 aromatic rings. The zero-order valence-corrected chi connectivity index (χ0v) is 24.0. The number of hydrogen-bond donors (Lipinski definition) is 1. The maximum atomic E-state index is 14.1. The molecule has 2 heterocycles. The van der Waals surface area contributed by atoms with Crippen molar-refractivity contribution in [1.82, 2.24) is 25.1 Å².